The molecule has 53 heavy (non-hydrogen) atoms. The minimum Gasteiger partial charge on any atom is -0.493 e. The lowest BCUT2D eigenvalue weighted by Gasteiger charge is -2.43. The van der Waals surface area contributed by atoms with Crippen LogP contribution in [0.1, 0.15) is 194 Å². The Hall–Kier alpha value is -1.26. The number of ether oxygens (including phenoxy) is 4. The van der Waals surface area contributed by atoms with E-state index in [0.29, 0.717) is 32.5 Å². The van der Waals surface area contributed by atoms with Crippen molar-refractivity contribution in [2.75, 3.05) is 40.6 Å². The second-order valence-corrected chi connectivity index (χ2v) is 24.5. The van der Waals surface area contributed by atoms with Crippen LogP contribution in [0.15, 0.2) is 12.1 Å². The van der Waals surface area contributed by atoms with Gasteiger partial charge >= 0.3 is 0 Å². The highest BCUT2D eigenvalue weighted by molar-refractivity contribution is 5.48. The summed E-state index contributed by atoms with van der Waals surface area (Å²) in [5, 5.41) is 0. The van der Waals surface area contributed by atoms with Gasteiger partial charge in [0.05, 0.1) is 20.8 Å². The molecule has 4 nitrogen and oxygen atoms in total. The summed E-state index contributed by atoms with van der Waals surface area (Å²) in [5.74, 6) is 1.65. The van der Waals surface area contributed by atoms with E-state index in [1.54, 1.807) is 14.2 Å². The van der Waals surface area contributed by atoms with Gasteiger partial charge in [-0.25, -0.2) is 0 Å². The lowest BCUT2D eigenvalue weighted by Crippen LogP contribution is -2.34. The molecule has 1 aromatic rings. The van der Waals surface area contributed by atoms with Crippen molar-refractivity contribution >= 4 is 0 Å². The van der Waals surface area contributed by atoms with Crippen molar-refractivity contribution < 1.29 is 18.9 Å². The van der Waals surface area contributed by atoms with Crippen molar-refractivity contribution in [1.29, 1.82) is 0 Å². The van der Waals surface area contributed by atoms with Crippen LogP contribution >= 0.6 is 0 Å². The van der Waals surface area contributed by atoms with Crippen molar-refractivity contribution in [2.45, 2.75) is 195 Å². The van der Waals surface area contributed by atoms with E-state index < -0.39 is 0 Å². The van der Waals surface area contributed by atoms with E-state index in [1.807, 2.05) is 0 Å². The predicted octanol–water partition coefficient (Wildman–Crippen LogP) is 14.6. The zero-order chi connectivity index (χ0) is 41.2. The van der Waals surface area contributed by atoms with E-state index in [0.717, 1.165) is 50.8 Å². The van der Waals surface area contributed by atoms with Gasteiger partial charge in [0.1, 0.15) is 0 Å². The van der Waals surface area contributed by atoms with Gasteiger partial charge < -0.3 is 18.9 Å². The van der Waals surface area contributed by atoms with Crippen LogP contribution in [0.2, 0.25) is 0 Å². The zero-order valence-corrected chi connectivity index (χ0v) is 39.4. The largest absolute Gasteiger partial charge is 0.493 e. The summed E-state index contributed by atoms with van der Waals surface area (Å²) in [4.78, 5) is 0. The van der Waals surface area contributed by atoms with Crippen molar-refractivity contribution in [2.24, 2.45) is 43.3 Å². The summed E-state index contributed by atoms with van der Waals surface area (Å²) in [6.07, 6.45) is 13.9. The van der Waals surface area contributed by atoms with Crippen LogP contribution in [-0.4, -0.2) is 40.6 Å². The highest BCUT2D eigenvalue weighted by Crippen LogP contribution is 2.47. The van der Waals surface area contributed by atoms with E-state index in [2.05, 4.69) is 137 Å². The first-order valence-corrected chi connectivity index (χ1v) is 21.2. The first-order valence-electron chi connectivity index (χ1n) is 21.2. The fourth-order valence-corrected chi connectivity index (χ4v) is 8.36. The average Bonchev–Trinajstić information content (AvgIpc) is 3.41. The fourth-order valence-electron chi connectivity index (χ4n) is 8.36. The molecule has 1 unspecified atom stereocenters. The van der Waals surface area contributed by atoms with E-state index >= 15 is 0 Å². The van der Waals surface area contributed by atoms with Gasteiger partial charge in [-0.15, -0.1) is 0 Å². The minimum atomic E-state index is 0.256. The van der Waals surface area contributed by atoms with Crippen LogP contribution in [0.25, 0.3) is 0 Å². The summed E-state index contributed by atoms with van der Waals surface area (Å²) in [6, 6.07) is 4.29. The van der Waals surface area contributed by atoms with Gasteiger partial charge in [-0.3, -0.25) is 0 Å². The molecule has 2 fully saturated rings. The molecule has 1 atom stereocenters. The van der Waals surface area contributed by atoms with E-state index in [9.17, 15) is 0 Å². The Morgan fingerprint density at radius 3 is 1.11 bits per heavy atom. The maximum absolute atomic E-state index is 5.67. The number of benzene rings is 1. The van der Waals surface area contributed by atoms with Crippen molar-refractivity contribution in [3.8, 4) is 11.5 Å². The molecule has 0 radical (unpaired) electrons. The molecule has 2 saturated heterocycles. The maximum Gasteiger partial charge on any atom is 0.161 e. The predicted molar refractivity (Wildman–Crippen MR) is 232 cm³/mol. The lowest BCUT2D eigenvalue weighted by atomic mass is 9.65. The van der Waals surface area contributed by atoms with Gasteiger partial charge in [0.15, 0.2) is 11.5 Å². The Kier molecular flexibility index (Phi) is 18.5. The van der Waals surface area contributed by atoms with Crippen molar-refractivity contribution in [3.63, 3.8) is 0 Å². The first kappa shape index (κ1) is 49.8. The normalized spacial score (nSPS) is 19.8. The molecule has 3 rings (SSSR count). The number of rotatable bonds is 10. The topological polar surface area (TPSA) is 36.9 Å². The molecule has 0 saturated carbocycles. The Labute approximate surface area is 332 Å². The molecular weight excluding hydrogens is 653 g/mol. The smallest absolute Gasteiger partial charge is 0.161 e. The molecule has 2 aliphatic heterocycles. The molecule has 0 amide bonds. The quantitative estimate of drug-likeness (QED) is 0.239. The van der Waals surface area contributed by atoms with Crippen LogP contribution in [0.5, 0.6) is 11.5 Å². The molecule has 0 spiro atoms. The molecular formula is C49H92O4. The summed E-state index contributed by atoms with van der Waals surface area (Å²) < 4.78 is 22.1. The van der Waals surface area contributed by atoms with E-state index in [4.69, 9.17) is 18.9 Å². The molecule has 0 N–H and O–H groups in total. The lowest BCUT2D eigenvalue weighted by molar-refractivity contribution is -0.0161. The number of hydrogen-bond acceptors (Lipinski definition) is 4. The standard InChI is InChI=1S/C18H30O2.C16H32O.C15H30O/c1-17(2,3)11-13-9-15(19-7)16(20-8)10-14(13)12-18(4,5)6;1-14(2,3)7-8-16(13-15(4,5)6)9-11-17-12-10-16;1-13(2,3)7-8-15(9-10-16-12-15)11-14(4,5)6/h9-10H,11-12H2,1-8H3;7-13H2,1-6H3;7-12H2,1-6H3. The molecule has 4 heteroatoms. The third-order valence-corrected chi connectivity index (χ3v) is 10.5. The van der Waals surface area contributed by atoms with Gasteiger partial charge in [0.25, 0.3) is 0 Å². The SMILES string of the molecule is CC(C)(C)CCC1(CC(C)(C)C)CCOC1.CC(C)(C)CCC1(CC(C)(C)C)CCOCC1.COc1cc(CC(C)(C)C)c(CC(C)(C)C)cc1OC. The number of hydrogen-bond donors (Lipinski definition) is 0. The van der Waals surface area contributed by atoms with E-state index in [1.165, 1.54) is 68.9 Å². The maximum atomic E-state index is 5.67. The molecule has 2 heterocycles. The second kappa shape index (κ2) is 19.7. The van der Waals surface area contributed by atoms with Crippen LogP contribution in [0.3, 0.4) is 0 Å². The van der Waals surface area contributed by atoms with Crippen molar-refractivity contribution in [1.82, 2.24) is 0 Å². The highest BCUT2D eigenvalue weighted by Gasteiger charge is 2.39. The van der Waals surface area contributed by atoms with Gasteiger partial charge in [0, 0.05) is 19.8 Å². The Balaban J connectivity index is 0.000000400. The first-order chi connectivity index (χ1) is 23.8. The third kappa shape index (κ3) is 22.2. The van der Waals surface area contributed by atoms with Gasteiger partial charge in [-0.1, -0.05) is 125 Å². The van der Waals surface area contributed by atoms with Crippen LogP contribution in [0, 0.1) is 43.3 Å². The molecule has 0 aromatic heterocycles. The van der Waals surface area contributed by atoms with Gasteiger partial charge in [0.2, 0.25) is 0 Å². The zero-order valence-electron chi connectivity index (χ0n) is 39.4. The van der Waals surface area contributed by atoms with Crippen molar-refractivity contribution in [3.05, 3.63) is 23.3 Å². The second-order valence-electron chi connectivity index (χ2n) is 24.5. The minimum absolute atomic E-state index is 0.256. The summed E-state index contributed by atoms with van der Waals surface area (Å²) in [5.41, 5.74) is 6.03. The highest BCUT2D eigenvalue weighted by atomic mass is 16.5. The summed E-state index contributed by atoms with van der Waals surface area (Å²) >= 11 is 0. The van der Waals surface area contributed by atoms with Crippen LogP contribution in [-0.2, 0) is 22.3 Å². The van der Waals surface area contributed by atoms with Crippen LogP contribution in [0.4, 0.5) is 0 Å². The molecule has 2 aliphatic rings. The molecule has 0 aliphatic carbocycles. The average molecular weight is 745 g/mol. The van der Waals surface area contributed by atoms with Gasteiger partial charge in [-0.05, 0) is 137 Å². The Morgan fingerprint density at radius 2 is 0.811 bits per heavy atom. The molecule has 312 valence electrons. The third-order valence-electron chi connectivity index (χ3n) is 10.5. The van der Waals surface area contributed by atoms with Gasteiger partial charge in [-0.2, -0.15) is 0 Å². The Bertz CT molecular complexity index is 1130. The van der Waals surface area contributed by atoms with Crippen LogP contribution < -0.4 is 9.47 Å². The molecule has 1 aromatic carbocycles. The number of methoxy groups -OCH3 is 2. The fraction of sp³-hybridized carbons (Fsp3) is 0.878. The summed E-state index contributed by atoms with van der Waals surface area (Å²) in [6.45, 7) is 45.8. The van der Waals surface area contributed by atoms with E-state index in [-0.39, 0.29) is 10.8 Å². The Morgan fingerprint density at radius 1 is 0.472 bits per heavy atom. The monoisotopic (exact) mass is 745 g/mol. The molecule has 0 bridgehead atoms. The summed E-state index contributed by atoms with van der Waals surface area (Å²) in [7, 11) is 3.39.